The number of hydrogen-bond acceptors (Lipinski definition) is 4. The normalized spacial score (nSPS) is 10.5. The Labute approximate surface area is 90.2 Å². The topological polar surface area (TPSA) is 86.1 Å². The zero-order chi connectivity index (χ0) is 11.0. The maximum absolute atomic E-state index is 11.7. The minimum Gasteiger partial charge on any atom is -0.335 e. The van der Waals surface area contributed by atoms with E-state index in [0.717, 1.165) is 4.68 Å². The molecule has 1 heterocycles. The van der Waals surface area contributed by atoms with Gasteiger partial charge in [-0.2, -0.15) is 0 Å². The summed E-state index contributed by atoms with van der Waals surface area (Å²) in [5.74, 6) is 11.1. The summed E-state index contributed by atoms with van der Waals surface area (Å²) in [4.78, 5) is 11.7. The van der Waals surface area contributed by atoms with Crippen LogP contribution >= 0.6 is 11.6 Å². The molecule has 0 aliphatic heterocycles. The summed E-state index contributed by atoms with van der Waals surface area (Å²) in [6, 6.07) is 6.60. The maximum Gasteiger partial charge on any atom is 0.278 e. The smallest absolute Gasteiger partial charge is 0.278 e. The number of fused-ring (bicyclic) bond motifs is 1. The fraction of sp³-hybridized carbons (Fsp3) is 0. The predicted octanol–water partition coefficient (Wildman–Crippen LogP) is 0.654. The minimum atomic E-state index is -0.322. The van der Waals surface area contributed by atoms with Gasteiger partial charge in [-0.3, -0.25) is 4.79 Å². The van der Waals surface area contributed by atoms with E-state index in [1.807, 2.05) is 0 Å². The van der Waals surface area contributed by atoms with Crippen molar-refractivity contribution in [3.05, 3.63) is 39.6 Å². The van der Waals surface area contributed by atoms with Gasteiger partial charge >= 0.3 is 0 Å². The van der Waals surface area contributed by atoms with Gasteiger partial charge in [0.05, 0.1) is 0 Å². The van der Waals surface area contributed by atoms with Crippen LogP contribution in [0.4, 0.5) is 5.82 Å². The van der Waals surface area contributed by atoms with Gasteiger partial charge in [-0.25, -0.2) is 10.5 Å². The standard InChI is InChI=1S/C9H9ClN4O/c10-6-1-2-7-5(3-6)4-8(13-11)14(12)9(7)15/h1-4,13H,11-12H2. The number of halogens is 1. The number of aromatic nitrogens is 1. The molecule has 1 aromatic carbocycles. The first kappa shape index (κ1) is 9.82. The minimum absolute atomic E-state index is 0.322. The quantitative estimate of drug-likeness (QED) is 0.491. The molecule has 2 rings (SSSR count). The molecular formula is C9H9ClN4O. The Morgan fingerprint density at radius 2 is 2.07 bits per heavy atom. The van der Waals surface area contributed by atoms with Crippen molar-refractivity contribution in [2.45, 2.75) is 0 Å². The van der Waals surface area contributed by atoms with Crippen molar-refractivity contribution in [1.29, 1.82) is 0 Å². The zero-order valence-electron chi connectivity index (χ0n) is 7.70. The van der Waals surface area contributed by atoms with Crippen LogP contribution in [-0.2, 0) is 0 Å². The van der Waals surface area contributed by atoms with Gasteiger partial charge in [0.25, 0.3) is 5.56 Å². The number of pyridine rings is 1. The molecule has 78 valence electrons. The lowest BCUT2D eigenvalue weighted by molar-refractivity contribution is 0.948. The van der Waals surface area contributed by atoms with E-state index in [2.05, 4.69) is 5.43 Å². The second-order valence-electron chi connectivity index (χ2n) is 3.08. The number of nitrogens with two attached hydrogens (primary N) is 2. The van der Waals surface area contributed by atoms with Crippen molar-refractivity contribution < 1.29 is 0 Å². The van der Waals surface area contributed by atoms with E-state index in [9.17, 15) is 4.79 Å². The molecule has 0 unspecified atom stereocenters. The Bertz CT molecular complexity index is 578. The van der Waals surface area contributed by atoms with E-state index in [0.29, 0.717) is 21.6 Å². The fourth-order valence-corrected chi connectivity index (χ4v) is 1.60. The first-order valence-corrected chi connectivity index (χ1v) is 4.58. The van der Waals surface area contributed by atoms with Crippen LogP contribution in [0.2, 0.25) is 5.02 Å². The van der Waals surface area contributed by atoms with Crippen molar-refractivity contribution >= 4 is 28.2 Å². The highest BCUT2D eigenvalue weighted by molar-refractivity contribution is 6.31. The molecule has 1 aromatic heterocycles. The molecule has 0 fully saturated rings. The Morgan fingerprint density at radius 1 is 1.33 bits per heavy atom. The molecule has 0 spiro atoms. The summed E-state index contributed by atoms with van der Waals surface area (Å²) >= 11 is 5.81. The lowest BCUT2D eigenvalue weighted by atomic mass is 10.2. The summed E-state index contributed by atoms with van der Waals surface area (Å²) in [5, 5.41) is 1.75. The molecule has 5 nitrogen and oxygen atoms in total. The maximum atomic E-state index is 11.7. The number of anilines is 1. The van der Waals surface area contributed by atoms with Crippen LogP contribution < -0.4 is 22.7 Å². The molecule has 0 aliphatic rings. The van der Waals surface area contributed by atoms with Gasteiger partial charge in [0.15, 0.2) is 0 Å². The van der Waals surface area contributed by atoms with Crippen molar-refractivity contribution in [2.24, 2.45) is 5.84 Å². The molecule has 6 heteroatoms. The van der Waals surface area contributed by atoms with E-state index in [4.69, 9.17) is 23.3 Å². The second kappa shape index (κ2) is 3.45. The molecular weight excluding hydrogens is 216 g/mol. The van der Waals surface area contributed by atoms with Gasteiger partial charge in [-0.1, -0.05) is 11.6 Å². The SMILES string of the molecule is NNc1cc2cc(Cl)ccc2c(=O)n1N. The van der Waals surface area contributed by atoms with Crippen LogP contribution in [0, 0.1) is 0 Å². The Morgan fingerprint density at radius 3 is 2.73 bits per heavy atom. The van der Waals surface area contributed by atoms with Gasteiger partial charge < -0.3 is 11.3 Å². The van der Waals surface area contributed by atoms with E-state index in [1.165, 1.54) is 0 Å². The summed E-state index contributed by atoms with van der Waals surface area (Å²) in [6.07, 6.45) is 0. The third-order valence-corrected chi connectivity index (χ3v) is 2.40. The zero-order valence-corrected chi connectivity index (χ0v) is 8.45. The van der Waals surface area contributed by atoms with Crippen molar-refractivity contribution in [1.82, 2.24) is 4.68 Å². The number of hydrogen-bond donors (Lipinski definition) is 3. The number of hydrazine groups is 1. The van der Waals surface area contributed by atoms with Crippen LogP contribution in [0.3, 0.4) is 0 Å². The molecule has 0 aliphatic carbocycles. The molecule has 0 bridgehead atoms. The Hall–Kier alpha value is -1.72. The largest absolute Gasteiger partial charge is 0.335 e. The molecule has 0 saturated heterocycles. The second-order valence-corrected chi connectivity index (χ2v) is 3.52. The van der Waals surface area contributed by atoms with Gasteiger partial charge in [-0.05, 0) is 29.7 Å². The van der Waals surface area contributed by atoms with Crippen LogP contribution in [0.5, 0.6) is 0 Å². The third kappa shape index (κ3) is 1.51. The summed E-state index contributed by atoms with van der Waals surface area (Å²) in [6.45, 7) is 0. The Balaban J connectivity index is 2.91. The highest BCUT2D eigenvalue weighted by Gasteiger charge is 2.05. The highest BCUT2D eigenvalue weighted by atomic mass is 35.5. The van der Waals surface area contributed by atoms with E-state index >= 15 is 0 Å². The van der Waals surface area contributed by atoms with Gasteiger partial charge in [0.2, 0.25) is 0 Å². The first-order valence-electron chi connectivity index (χ1n) is 4.20. The van der Waals surface area contributed by atoms with Gasteiger partial charge in [0.1, 0.15) is 5.82 Å². The summed E-state index contributed by atoms with van der Waals surface area (Å²) in [5.41, 5.74) is 2.02. The number of nitrogen functional groups attached to an aromatic ring is 2. The summed E-state index contributed by atoms with van der Waals surface area (Å²) < 4.78 is 0.955. The first-order chi connectivity index (χ1) is 7.13. The monoisotopic (exact) mass is 224 g/mol. The average Bonchev–Trinajstić information content (AvgIpc) is 2.23. The van der Waals surface area contributed by atoms with Crippen LogP contribution in [-0.4, -0.2) is 4.68 Å². The van der Waals surface area contributed by atoms with E-state index in [-0.39, 0.29) is 5.56 Å². The van der Waals surface area contributed by atoms with E-state index in [1.54, 1.807) is 24.3 Å². The molecule has 15 heavy (non-hydrogen) atoms. The summed E-state index contributed by atoms with van der Waals surface area (Å²) in [7, 11) is 0. The van der Waals surface area contributed by atoms with Gasteiger partial charge in [0, 0.05) is 10.4 Å². The van der Waals surface area contributed by atoms with Crippen molar-refractivity contribution in [3.8, 4) is 0 Å². The van der Waals surface area contributed by atoms with Crippen LogP contribution in [0.25, 0.3) is 10.8 Å². The van der Waals surface area contributed by atoms with E-state index < -0.39 is 0 Å². The lowest BCUT2D eigenvalue weighted by Crippen LogP contribution is -2.31. The van der Waals surface area contributed by atoms with Crippen molar-refractivity contribution in [3.63, 3.8) is 0 Å². The van der Waals surface area contributed by atoms with Crippen LogP contribution in [0.15, 0.2) is 29.1 Å². The molecule has 0 amide bonds. The molecule has 5 N–H and O–H groups in total. The number of rotatable bonds is 1. The number of nitrogens with zero attached hydrogens (tertiary/aromatic N) is 1. The predicted molar refractivity (Wildman–Crippen MR) is 61.2 cm³/mol. The molecule has 0 atom stereocenters. The third-order valence-electron chi connectivity index (χ3n) is 2.16. The Kier molecular flexibility index (Phi) is 2.26. The highest BCUT2D eigenvalue weighted by Crippen LogP contribution is 2.18. The number of nitrogens with one attached hydrogen (secondary N) is 1. The molecule has 0 saturated carbocycles. The van der Waals surface area contributed by atoms with Gasteiger partial charge in [-0.15, -0.1) is 0 Å². The average molecular weight is 225 g/mol. The van der Waals surface area contributed by atoms with Crippen molar-refractivity contribution in [2.75, 3.05) is 11.3 Å². The fourth-order valence-electron chi connectivity index (χ4n) is 1.41. The number of benzene rings is 1. The lowest BCUT2D eigenvalue weighted by Gasteiger charge is -2.08. The van der Waals surface area contributed by atoms with Crippen LogP contribution in [0.1, 0.15) is 0 Å². The molecule has 2 aromatic rings. The molecule has 0 radical (unpaired) electrons.